The second-order valence-corrected chi connectivity index (χ2v) is 11.5. The summed E-state index contributed by atoms with van der Waals surface area (Å²) in [5, 5.41) is 11.7. The molecule has 202 valence electrons. The molecule has 7 nitrogen and oxygen atoms in total. The number of piperazine rings is 1. The highest BCUT2D eigenvalue weighted by molar-refractivity contribution is 6.51. The van der Waals surface area contributed by atoms with E-state index in [-0.39, 0.29) is 16.7 Å². The average molecular weight is 525 g/mol. The molecule has 0 radical (unpaired) electrons. The van der Waals surface area contributed by atoms with E-state index in [4.69, 9.17) is 0 Å². The van der Waals surface area contributed by atoms with E-state index in [0.29, 0.717) is 16.8 Å². The van der Waals surface area contributed by atoms with Crippen molar-refractivity contribution in [2.24, 2.45) is 0 Å². The van der Waals surface area contributed by atoms with E-state index < -0.39 is 17.7 Å². The van der Waals surface area contributed by atoms with E-state index in [0.717, 1.165) is 43.0 Å². The molecule has 2 aliphatic rings. The molecule has 2 saturated heterocycles. The molecule has 2 fully saturated rings. The molecule has 1 aromatic heterocycles. The van der Waals surface area contributed by atoms with Gasteiger partial charge in [-0.15, -0.1) is 0 Å². The Kier molecular flexibility index (Phi) is 7.03. The monoisotopic (exact) mass is 524 g/mol. The number of nitrogens with zero attached hydrogens (tertiary/aromatic N) is 4. The number of benzene rings is 2. The van der Waals surface area contributed by atoms with E-state index in [1.54, 1.807) is 24.5 Å². The highest BCUT2D eigenvalue weighted by Crippen LogP contribution is 2.43. The molecular formula is C32H36N4O3. The van der Waals surface area contributed by atoms with E-state index in [2.05, 4.69) is 42.6 Å². The number of hydrogen-bond acceptors (Lipinski definition) is 6. The molecule has 7 heteroatoms. The molecule has 1 atom stereocenters. The quantitative estimate of drug-likeness (QED) is 0.292. The summed E-state index contributed by atoms with van der Waals surface area (Å²) >= 11 is 0. The minimum atomic E-state index is -0.778. The zero-order valence-corrected chi connectivity index (χ0v) is 23.3. The van der Waals surface area contributed by atoms with Crippen molar-refractivity contribution in [3.63, 3.8) is 0 Å². The standard InChI is InChI=1S/C32H36N4O3/c1-21-6-7-23(32(2,3)4)20-26(21)29(37)27-28(22-12-14-33-15-13-22)36(31(39)30(27)38)25-10-8-24(9-11-25)35-18-16-34(5)17-19-35/h6-15,20,28,37H,16-19H2,1-5H3/b29-27+. The highest BCUT2D eigenvalue weighted by atomic mass is 16.3. The maximum absolute atomic E-state index is 13.6. The summed E-state index contributed by atoms with van der Waals surface area (Å²) in [5.74, 6) is -1.51. The molecular weight excluding hydrogens is 488 g/mol. The first-order valence-electron chi connectivity index (χ1n) is 13.4. The van der Waals surface area contributed by atoms with Crippen molar-refractivity contribution >= 4 is 28.8 Å². The molecule has 0 saturated carbocycles. The summed E-state index contributed by atoms with van der Waals surface area (Å²) in [6, 6.07) is 16.5. The van der Waals surface area contributed by atoms with Crippen molar-refractivity contribution in [1.82, 2.24) is 9.88 Å². The van der Waals surface area contributed by atoms with Gasteiger partial charge in [0, 0.05) is 55.5 Å². The van der Waals surface area contributed by atoms with Crippen molar-refractivity contribution in [2.75, 3.05) is 43.0 Å². The van der Waals surface area contributed by atoms with Crippen LogP contribution in [-0.4, -0.2) is 59.9 Å². The topological polar surface area (TPSA) is 77.0 Å². The molecule has 0 bridgehead atoms. The molecule has 3 heterocycles. The lowest BCUT2D eigenvalue weighted by molar-refractivity contribution is -0.132. The van der Waals surface area contributed by atoms with Gasteiger partial charge in [-0.05, 0) is 78.5 Å². The summed E-state index contributed by atoms with van der Waals surface area (Å²) in [5.41, 5.74) is 4.76. The summed E-state index contributed by atoms with van der Waals surface area (Å²) in [7, 11) is 2.12. The third-order valence-corrected chi connectivity index (χ3v) is 7.82. The lowest BCUT2D eigenvalue weighted by Gasteiger charge is -2.34. The fraction of sp³-hybridized carbons (Fsp3) is 0.344. The first-order valence-corrected chi connectivity index (χ1v) is 13.4. The zero-order valence-electron chi connectivity index (χ0n) is 23.3. The van der Waals surface area contributed by atoms with Crippen molar-refractivity contribution in [2.45, 2.75) is 39.2 Å². The lowest BCUT2D eigenvalue weighted by atomic mass is 9.84. The highest BCUT2D eigenvalue weighted by Gasteiger charge is 2.47. The van der Waals surface area contributed by atoms with Gasteiger partial charge in [0.25, 0.3) is 11.7 Å². The van der Waals surface area contributed by atoms with Gasteiger partial charge in [0.1, 0.15) is 5.76 Å². The van der Waals surface area contributed by atoms with E-state index in [9.17, 15) is 14.7 Å². The number of aryl methyl sites for hydroxylation is 1. The molecule has 1 amide bonds. The molecule has 5 rings (SSSR count). The van der Waals surface area contributed by atoms with Gasteiger partial charge in [-0.1, -0.05) is 32.9 Å². The van der Waals surface area contributed by atoms with Crippen LogP contribution < -0.4 is 9.80 Å². The molecule has 2 aromatic carbocycles. The molecule has 0 spiro atoms. The van der Waals surface area contributed by atoms with Crippen LogP contribution in [-0.2, 0) is 15.0 Å². The van der Waals surface area contributed by atoms with Crippen molar-refractivity contribution in [3.05, 3.63) is 94.8 Å². The number of aliphatic hydroxyl groups excluding tert-OH is 1. The van der Waals surface area contributed by atoms with Crippen LogP contribution in [0.25, 0.3) is 5.76 Å². The van der Waals surface area contributed by atoms with Gasteiger partial charge in [0.15, 0.2) is 0 Å². The SMILES string of the molecule is Cc1ccc(C(C)(C)C)cc1/C(O)=C1\C(=O)C(=O)N(c2ccc(N3CCN(C)CC3)cc2)C1c1ccncc1. The summed E-state index contributed by atoms with van der Waals surface area (Å²) < 4.78 is 0. The number of anilines is 2. The second-order valence-electron chi connectivity index (χ2n) is 11.5. The number of carbonyl (C=O) groups is 2. The predicted molar refractivity (Wildman–Crippen MR) is 155 cm³/mol. The number of likely N-dealkylation sites (N-methyl/N-ethyl adjacent to an activating group) is 1. The maximum atomic E-state index is 13.6. The Hall–Kier alpha value is -3.97. The number of aliphatic hydroxyl groups is 1. The number of ketones is 1. The van der Waals surface area contributed by atoms with Gasteiger partial charge in [0.2, 0.25) is 0 Å². The Balaban J connectivity index is 1.60. The summed E-state index contributed by atoms with van der Waals surface area (Å²) in [6.45, 7) is 12.1. The number of carbonyl (C=O) groups excluding carboxylic acids is 2. The molecule has 39 heavy (non-hydrogen) atoms. The fourth-order valence-electron chi connectivity index (χ4n) is 5.34. The maximum Gasteiger partial charge on any atom is 0.300 e. The Morgan fingerprint density at radius 2 is 1.51 bits per heavy atom. The van der Waals surface area contributed by atoms with Gasteiger partial charge < -0.3 is 14.9 Å². The Morgan fingerprint density at radius 1 is 0.897 bits per heavy atom. The van der Waals surface area contributed by atoms with Gasteiger partial charge >= 0.3 is 0 Å². The molecule has 1 unspecified atom stereocenters. The van der Waals surface area contributed by atoms with Crippen LogP contribution in [0.3, 0.4) is 0 Å². The first kappa shape index (κ1) is 26.6. The molecule has 2 aliphatic heterocycles. The third kappa shape index (κ3) is 5.06. The van der Waals surface area contributed by atoms with E-state index in [1.807, 2.05) is 49.4 Å². The number of Topliss-reactive ketones (excluding diaryl/α,β-unsaturated/α-hetero) is 1. The number of hydrogen-bond donors (Lipinski definition) is 1. The number of pyridine rings is 1. The lowest BCUT2D eigenvalue weighted by Crippen LogP contribution is -2.44. The van der Waals surface area contributed by atoms with Crippen LogP contribution in [0.15, 0.2) is 72.6 Å². The van der Waals surface area contributed by atoms with Crippen LogP contribution in [0.2, 0.25) is 0 Å². The van der Waals surface area contributed by atoms with Crippen LogP contribution in [0.4, 0.5) is 11.4 Å². The normalized spacial score (nSPS) is 20.1. The molecule has 1 N–H and O–H groups in total. The van der Waals surface area contributed by atoms with E-state index in [1.165, 1.54) is 4.90 Å². The van der Waals surface area contributed by atoms with Gasteiger partial charge in [-0.2, -0.15) is 0 Å². The van der Waals surface area contributed by atoms with Crippen molar-refractivity contribution in [3.8, 4) is 0 Å². The summed E-state index contributed by atoms with van der Waals surface area (Å²) in [4.78, 5) is 37.4. The smallest absolute Gasteiger partial charge is 0.300 e. The Bertz CT molecular complexity index is 1420. The Labute approximate surface area is 230 Å². The van der Waals surface area contributed by atoms with Crippen LogP contribution in [0, 0.1) is 6.92 Å². The van der Waals surface area contributed by atoms with Gasteiger partial charge in [-0.3, -0.25) is 19.5 Å². The third-order valence-electron chi connectivity index (χ3n) is 7.82. The molecule has 3 aromatic rings. The van der Waals surface area contributed by atoms with Gasteiger partial charge in [-0.25, -0.2) is 0 Å². The average Bonchev–Trinajstić information content (AvgIpc) is 3.19. The van der Waals surface area contributed by atoms with Crippen LogP contribution in [0.5, 0.6) is 0 Å². The largest absolute Gasteiger partial charge is 0.507 e. The van der Waals surface area contributed by atoms with Crippen LogP contribution in [0.1, 0.15) is 49.1 Å². The first-order chi connectivity index (χ1) is 18.6. The summed E-state index contributed by atoms with van der Waals surface area (Å²) in [6.07, 6.45) is 3.27. The van der Waals surface area contributed by atoms with Crippen molar-refractivity contribution in [1.29, 1.82) is 0 Å². The minimum absolute atomic E-state index is 0.0866. The number of rotatable bonds is 4. The van der Waals surface area contributed by atoms with Crippen LogP contribution >= 0.6 is 0 Å². The van der Waals surface area contributed by atoms with Gasteiger partial charge in [0.05, 0.1) is 11.6 Å². The van der Waals surface area contributed by atoms with E-state index >= 15 is 0 Å². The van der Waals surface area contributed by atoms with Crippen molar-refractivity contribution < 1.29 is 14.7 Å². The number of aromatic nitrogens is 1. The predicted octanol–water partition coefficient (Wildman–Crippen LogP) is 5.07. The zero-order chi connectivity index (χ0) is 27.9. The number of amides is 1. The Morgan fingerprint density at radius 3 is 2.13 bits per heavy atom. The molecule has 0 aliphatic carbocycles. The second kappa shape index (κ2) is 10.3. The minimum Gasteiger partial charge on any atom is -0.507 e. The fourth-order valence-corrected chi connectivity index (χ4v) is 5.34.